The fourth-order valence-corrected chi connectivity index (χ4v) is 13.1. The molecule has 0 saturated carbocycles. The van der Waals surface area contributed by atoms with Crippen molar-refractivity contribution in [3.63, 3.8) is 0 Å². The van der Waals surface area contributed by atoms with Gasteiger partial charge in [-0.05, 0) is 134 Å². The topological polar surface area (TPSA) is 43.7 Å². The van der Waals surface area contributed by atoms with Crippen LogP contribution in [0.5, 0.6) is 5.75 Å². The molecule has 0 N–H and O–H groups in total. The van der Waals surface area contributed by atoms with Crippen molar-refractivity contribution in [1.82, 2.24) is 4.57 Å². The second-order valence-corrected chi connectivity index (χ2v) is 22.7. The van der Waals surface area contributed by atoms with E-state index < -0.39 is 0 Å². The van der Waals surface area contributed by atoms with E-state index in [1.165, 1.54) is 82.8 Å². The first-order valence-electron chi connectivity index (χ1n) is 24.5. The minimum absolute atomic E-state index is 0.00763. The Kier molecular flexibility index (Phi) is 7.24. The number of rotatable bonds is 1. The summed E-state index contributed by atoms with van der Waals surface area (Å²) in [6, 6.07) is 48.2. The quantitative estimate of drug-likeness (QED) is 0.154. The van der Waals surface area contributed by atoms with Gasteiger partial charge >= 0.3 is 6.85 Å². The van der Waals surface area contributed by atoms with Crippen molar-refractivity contribution in [3.05, 3.63) is 155 Å². The van der Waals surface area contributed by atoms with E-state index in [-0.39, 0.29) is 23.1 Å². The molecule has 6 heterocycles. The summed E-state index contributed by atoms with van der Waals surface area (Å²) in [7, 11) is 0. The van der Waals surface area contributed by atoms with Crippen LogP contribution < -0.4 is 20.5 Å². The zero-order valence-corrected chi connectivity index (χ0v) is 39.9. The molecule has 0 saturated heterocycles. The maximum atomic E-state index is 7.06. The van der Waals surface area contributed by atoms with Crippen LogP contribution in [0.25, 0.3) is 93.6 Å². The molecule has 0 atom stereocenters. The number of benzene rings is 8. The predicted molar refractivity (Wildman–Crippen MR) is 283 cm³/mol. The smallest absolute Gasteiger partial charge is 0.333 e. The zero-order chi connectivity index (χ0) is 45.9. The van der Waals surface area contributed by atoms with Gasteiger partial charge in [-0.15, -0.1) is 0 Å². The van der Waals surface area contributed by atoms with Crippen LogP contribution in [-0.2, 0) is 22.9 Å². The van der Waals surface area contributed by atoms with Gasteiger partial charge in [-0.1, -0.05) is 115 Å². The molecule has 11 aromatic rings. The second kappa shape index (κ2) is 12.7. The molecule has 1 aliphatic carbocycles. The van der Waals surface area contributed by atoms with E-state index in [0.29, 0.717) is 6.61 Å². The number of fused-ring (bicyclic) bond motifs is 18. The highest BCUT2D eigenvalue weighted by atomic mass is 16.5. The lowest BCUT2D eigenvalue weighted by molar-refractivity contribution is 0.302. The highest BCUT2D eigenvalue weighted by molar-refractivity contribution is 6.94. The molecular formula is C62H51BN2O3. The number of hydrogen-bond acceptors (Lipinski definition) is 4. The standard InChI is InChI=1S/C62H51BN2O3/c1-33-23-44-39-28-54-43(41-25-46-47(29-55(41)68-54)62(7,8)22-21-61(46,5)6)27-50(39)65(36-19-17-35(18-20-36)60(2,3)4)63-48-26-42-38-15-11-12-16-52(38)67-56(42)31-51(48)64-49-30-53-40(24-45(49)57(33)59(64)58(44)63)37-14-10-9-13-34(37)32-66-53/h9-20,23-31H,21-22,32H2,1-8H3. The first-order chi connectivity index (χ1) is 32.7. The minimum atomic E-state index is -0.166. The molecule has 0 amide bonds. The normalized spacial score (nSPS) is 16.4. The van der Waals surface area contributed by atoms with Gasteiger partial charge in [0.05, 0.1) is 11.0 Å². The summed E-state index contributed by atoms with van der Waals surface area (Å²) in [4.78, 5) is 2.65. The van der Waals surface area contributed by atoms with Crippen molar-refractivity contribution >= 4 is 94.8 Å². The molecule has 3 aliphatic heterocycles. The first kappa shape index (κ1) is 38.9. The Hall–Kier alpha value is -7.18. The summed E-state index contributed by atoms with van der Waals surface area (Å²) in [5.41, 5.74) is 23.7. The van der Waals surface area contributed by atoms with Crippen LogP contribution in [0.1, 0.15) is 89.1 Å². The van der Waals surface area contributed by atoms with E-state index in [1.807, 2.05) is 0 Å². The van der Waals surface area contributed by atoms with Gasteiger partial charge in [0.15, 0.2) is 0 Å². The highest BCUT2D eigenvalue weighted by Crippen LogP contribution is 2.53. The lowest BCUT2D eigenvalue weighted by atomic mass is 9.43. The Balaban J connectivity index is 1.10. The van der Waals surface area contributed by atoms with Crippen molar-refractivity contribution < 1.29 is 13.6 Å². The number of aryl methyl sites for hydroxylation is 1. The van der Waals surface area contributed by atoms with E-state index >= 15 is 0 Å². The summed E-state index contributed by atoms with van der Waals surface area (Å²) in [5, 5.41) is 7.10. The lowest BCUT2D eigenvalue weighted by Crippen LogP contribution is -2.60. The molecule has 0 unspecified atom stereocenters. The number of anilines is 2. The molecule has 8 aromatic carbocycles. The number of hydrogen-bond donors (Lipinski definition) is 0. The van der Waals surface area contributed by atoms with Crippen LogP contribution in [-0.4, -0.2) is 11.4 Å². The highest BCUT2D eigenvalue weighted by Gasteiger charge is 2.46. The molecule has 0 radical (unpaired) electrons. The molecule has 6 heteroatoms. The van der Waals surface area contributed by atoms with E-state index in [4.69, 9.17) is 13.6 Å². The first-order valence-corrected chi connectivity index (χ1v) is 24.5. The Morgan fingerprint density at radius 2 is 1.26 bits per heavy atom. The van der Waals surface area contributed by atoms with E-state index in [1.54, 1.807) is 0 Å². The fourth-order valence-electron chi connectivity index (χ4n) is 13.1. The lowest BCUT2D eigenvalue weighted by Gasteiger charge is -2.42. The number of aromatic nitrogens is 1. The zero-order valence-electron chi connectivity index (χ0n) is 39.9. The predicted octanol–water partition coefficient (Wildman–Crippen LogP) is 15.3. The summed E-state index contributed by atoms with van der Waals surface area (Å²) < 4.78 is 23.0. The summed E-state index contributed by atoms with van der Waals surface area (Å²) in [5.74, 6) is 0.918. The summed E-state index contributed by atoms with van der Waals surface area (Å²) in [6.45, 7) is 19.2. The van der Waals surface area contributed by atoms with Crippen molar-refractivity contribution in [1.29, 1.82) is 0 Å². The molecule has 0 spiro atoms. The SMILES string of the molecule is Cc1cc2c3c4c1c1cc5c(cc1n4-c1cc4oc6ccccc6c4cc1B3N(c1ccc(C(C)(C)C)cc1)c1cc3c(cc1-2)oc1cc2c(cc13)C(C)(C)CCC2(C)C)OCc1ccccc1-5. The largest absolute Gasteiger partial charge is 0.488 e. The van der Waals surface area contributed by atoms with Crippen molar-refractivity contribution in [2.75, 3.05) is 4.81 Å². The molecule has 3 aromatic heterocycles. The molecule has 330 valence electrons. The molecular weight excluding hydrogens is 832 g/mol. The third-order valence-electron chi connectivity index (χ3n) is 16.8. The summed E-state index contributed by atoms with van der Waals surface area (Å²) in [6.07, 6.45) is 2.32. The molecule has 4 aliphatic rings. The van der Waals surface area contributed by atoms with Gasteiger partial charge in [0.2, 0.25) is 0 Å². The van der Waals surface area contributed by atoms with Crippen molar-refractivity contribution in [2.45, 2.75) is 91.1 Å². The molecule has 5 nitrogen and oxygen atoms in total. The van der Waals surface area contributed by atoms with Crippen molar-refractivity contribution in [2.24, 2.45) is 0 Å². The summed E-state index contributed by atoms with van der Waals surface area (Å²) >= 11 is 0. The Morgan fingerprint density at radius 3 is 2.07 bits per heavy atom. The van der Waals surface area contributed by atoms with Gasteiger partial charge in [-0.3, -0.25) is 0 Å². The third-order valence-corrected chi connectivity index (χ3v) is 16.8. The van der Waals surface area contributed by atoms with E-state index in [2.05, 4.69) is 192 Å². The average Bonchev–Trinajstić information content (AvgIpc) is 3.99. The van der Waals surface area contributed by atoms with Crippen LogP contribution in [0, 0.1) is 6.92 Å². The molecule has 68 heavy (non-hydrogen) atoms. The Morgan fingerprint density at radius 1 is 0.574 bits per heavy atom. The monoisotopic (exact) mass is 882 g/mol. The average molecular weight is 883 g/mol. The van der Waals surface area contributed by atoms with Gasteiger partial charge in [0.25, 0.3) is 0 Å². The van der Waals surface area contributed by atoms with E-state index in [0.717, 1.165) is 79.5 Å². The maximum absolute atomic E-state index is 7.06. The van der Waals surface area contributed by atoms with Gasteiger partial charge in [0, 0.05) is 72.6 Å². The molecule has 0 fully saturated rings. The molecule has 15 rings (SSSR count). The van der Waals surface area contributed by atoms with Gasteiger partial charge in [0.1, 0.15) is 34.7 Å². The van der Waals surface area contributed by atoms with Crippen LogP contribution >= 0.6 is 0 Å². The number of ether oxygens (including phenoxy) is 1. The van der Waals surface area contributed by atoms with Crippen LogP contribution in [0.3, 0.4) is 0 Å². The van der Waals surface area contributed by atoms with Crippen LogP contribution in [0.4, 0.5) is 11.4 Å². The minimum Gasteiger partial charge on any atom is -0.488 e. The van der Waals surface area contributed by atoms with Gasteiger partial charge in [-0.25, -0.2) is 0 Å². The second-order valence-electron chi connectivity index (χ2n) is 22.7. The van der Waals surface area contributed by atoms with Crippen molar-refractivity contribution in [3.8, 4) is 33.7 Å². The number of nitrogens with zero attached hydrogens (tertiary/aromatic N) is 2. The van der Waals surface area contributed by atoms with Crippen LogP contribution in [0.2, 0.25) is 0 Å². The third kappa shape index (κ3) is 4.98. The van der Waals surface area contributed by atoms with Crippen LogP contribution in [0.15, 0.2) is 136 Å². The van der Waals surface area contributed by atoms with Gasteiger partial charge < -0.3 is 22.9 Å². The maximum Gasteiger partial charge on any atom is 0.333 e. The van der Waals surface area contributed by atoms with E-state index in [9.17, 15) is 0 Å². The fraction of sp³-hybridized carbons (Fsp3) is 0.226. The number of furan rings is 2. The molecule has 0 bridgehead atoms. The Labute approximate surface area is 396 Å². The van der Waals surface area contributed by atoms with Gasteiger partial charge in [-0.2, -0.15) is 0 Å². The Bertz CT molecular complexity index is 4100. The number of para-hydroxylation sites is 1.